The first-order valence-electron chi connectivity index (χ1n) is 5.78. The second kappa shape index (κ2) is 5.96. The Hall–Kier alpha value is -0.410. The molecule has 1 rings (SSSR count). The predicted octanol–water partition coefficient (Wildman–Crippen LogP) is 2.29. The van der Waals surface area contributed by atoms with Crippen LogP contribution in [0.25, 0.3) is 0 Å². The van der Waals surface area contributed by atoms with Crippen LogP contribution in [-0.4, -0.2) is 22.2 Å². The lowest BCUT2D eigenvalue weighted by atomic mass is 9.81. The van der Waals surface area contributed by atoms with E-state index in [1.54, 1.807) is 13.0 Å². The van der Waals surface area contributed by atoms with Crippen molar-refractivity contribution in [1.29, 1.82) is 0 Å². The molecule has 0 amide bonds. The summed E-state index contributed by atoms with van der Waals surface area (Å²) in [6.45, 7) is 6.07. The van der Waals surface area contributed by atoms with Crippen LogP contribution in [0, 0.1) is 11.8 Å². The van der Waals surface area contributed by atoms with Gasteiger partial charge in [0.05, 0.1) is 12.2 Å². The third-order valence-electron chi connectivity index (χ3n) is 2.66. The minimum absolute atomic E-state index is 0.0151. The summed E-state index contributed by atoms with van der Waals surface area (Å²) < 4.78 is 15.4. The average molecular weight is 260 g/mol. The molecule has 4 nitrogen and oxygen atoms in total. The van der Waals surface area contributed by atoms with E-state index in [1.165, 1.54) is 0 Å². The predicted molar refractivity (Wildman–Crippen MR) is 68.0 cm³/mol. The molecule has 0 radical (unpaired) electrons. The zero-order valence-electron chi connectivity index (χ0n) is 10.5. The van der Waals surface area contributed by atoms with E-state index >= 15 is 0 Å². The minimum atomic E-state index is -2.89. The molecule has 0 aliphatic heterocycles. The van der Waals surface area contributed by atoms with Gasteiger partial charge in [-0.3, -0.25) is 4.57 Å². The van der Waals surface area contributed by atoms with Crippen molar-refractivity contribution in [2.24, 2.45) is 11.8 Å². The summed E-state index contributed by atoms with van der Waals surface area (Å²) in [4.78, 5) is 8.68. The molecular formula is C12H21O4P. The largest absolute Gasteiger partial charge is 0.386 e. The lowest BCUT2D eigenvalue weighted by molar-refractivity contribution is 0.102. The highest BCUT2D eigenvalue weighted by Gasteiger charge is 2.27. The Bertz CT molecular complexity index is 344. The first-order valence-corrected chi connectivity index (χ1v) is 7.04. The Balaban J connectivity index is 2.81. The number of aliphatic hydroxyl groups is 1. The van der Waals surface area contributed by atoms with Crippen molar-refractivity contribution in [3.8, 4) is 0 Å². The standard InChI is InChI=1S/C12H21O4P/c1-9(2)6-11-7-12(3,13)5-4-10(11)8-16-17(14)15/h4-6,9-10,13,17H,7-8H2,1-3H3,(H,14,15). The number of rotatable bonds is 4. The highest BCUT2D eigenvalue weighted by molar-refractivity contribution is 7.32. The maximum absolute atomic E-state index is 10.6. The lowest BCUT2D eigenvalue weighted by Gasteiger charge is -2.30. The summed E-state index contributed by atoms with van der Waals surface area (Å²) >= 11 is 0. The average Bonchev–Trinajstić information content (AvgIpc) is 2.14. The second-order valence-corrected chi connectivity index (χ2v) is 5.88. The molecule has 0 spiro atoms. The molecule has 0 heterocycles. The van der Waals surface area contributed by atoms with Gasteiger partial charge in [0.2, 0.25) is 0 Å². The van der Waals surface area contributed by atoms with Gasteiger partial charge in [-0.15, -0.1) is 0 Å². The van der Waals surface area contributed by atoms with Crippen molar-refractivity contribution in [1.82, 2.24) is 0 Å². The lowest BCUT2D eigenvalue weighted by Crippen LogP contribution is -2.29. The molecule has 0 saturated heterocycles. The van der Waals surface area contributed by atoms with E-state index < -0.39 is 13.9 Å². The fourth-order valence-corrected chi connectivity index (χ4v) is 2.31. The monoisotopic (exact) mass is 260 g/mol. The van der Waals surface area contributed by atoms with Crippen LogP contribution in [-0.2, 0) is 9.09 Å². The summed E-state index contributed by atoms with van der Waals surface area (Å²) in [5.41, 5.74) is 0.234. The molecule has 0 fully saturated rings. The highest BCUT2D eigenvalue weighted by Crippen LogP contribution is 2.33. The van der Waals surface area contributed by atoms with Crippen LogP contribution in [0.15, 0.2) is 23.8 Å². The van der Waals surface area contributed by atoms with Gasteiger partial charge in [0.15, 0.2) is 0 Å². The molecule has 5 heteroatoms. The molecule has 17 heavy (non-hydrogen) atoms. The van der Waals surface area contributed by atoms with Crippen LogP contribution in [0.3, 0.4) is 0 Å². The van der Waals surface area contributed by atoms with E-state index in [9.17, 15) is 9.67 Å². The van der Waals surface area contributed by atoms with E-state index in [4.69, 9.17) is 9.42 Å². The van der Waals surface area contributed by atoms with E-state index in [1.807, 2.05) is 6.08 Å². The van der Waals surface area contributed by atoms with Gasteiger partial charge in [-0.2, -0.15) is 0 Å². The van der Waals surface area contributed by atoms with E-state index in [-0.39, 0.29) is 12.5 Å². The molecule has 0 bridgehead atoms. The van der Waals surface area contributed by atoms with Crippen LogP contribution in [0.5, 0.6) is 0 Å². The SMILES string of the molecule is CC(C)C=C1CC(C)(O)C=CC1CO[PH](=O)O. The summed E-state index contributed by atoms with van der Waals surface area (Å²) in [5.74, 6) is 0.361. The zero-order chi connectivity index (χ0) is 13.1. The van der Waals surface area contributed by atoms with E-state index in [2.05, 4.69) is 19.9 Å². The Morgan fingerprint density at radius 2 is 2.35 bits per heavy atom. The smallest absolute Gasteiger partial charge is 0.316 e. The quantitative estimate of drug-likeness (QED) is 0.601. The van der Waals surface area contributed by atoms with Crippen molar-refractivity contribution in [3.63, 3.8) is 0 Å². The van der Waals surface area contributed by atoms with Gasteiger partial charge in [0.25, 0.3) is 0 Å². The van der Waals surface area contributed by atoms with Gasteiger partial charge in [0.1, 0.15) is 0 Å². The molecule has 1 aliphatic rings. The molecule has 3 atom stereocenters. The Morgan fingerprint density at radius 3 is 2.88 bits per heavy atom. The summed E-state index contributed by atoms with van der Waals surface area (Å²) in [5, 5.41) is 9.98. The topological polar surface area (TPSA) is 66.8 Å². The number of hydrogen-bond acceptors (Lipinski definition) is 3. The minimum Gasteiger partial charge on any atom is -0.386 e. The third kappa shape index (κ3) is 5.17. The van der Waals surface area contributed by atoms with Gasteiger partial charge in [-0.1, -0.05) is 37.6 Å². The summed E-state index contributed by atoms with van der Waals surface area (Å²) in [6, 6.07) is 0. The van der Waals surface area contributed by atoms with Crippen molar-refractivity contribution in [2.75, 3.05) is 6.61 Å². The first-order chi connectivity index (χ1) is 7.80. The van der Waals surface area contributed by atoms with Crippen molar-refractivity contribution in [2.45, 2.75) is 32.8 Å². The van der Waals surface area contributed by atoms with Crippen LogP contribution in [0.4, 0.5) is 0 Å². The van der Waals surface area contributed by atoms with Gasteiger partial charge < -0.3 is 14.5 Å². The normalized spacial score (nSPS) is 33.3. The van der Waals surface area contributed by atoms with Gasteiger partial charge >= 0.3 is 8.25 Å². The fourth-order valence-electron chi connectivity index (χ4n) is 1.98. The highest BCUT2D eigenvalue weighted by atomic mass is 31.1. The molecule has 1 aliphatic carbocycles. The molecule has 0 aromatic heterocycles. The summed E-state index contributed by atoms with van der Waals surface area (Å²) in [6.07, 6.45) is 6.21. The number of hydrogen-bond donors (Lipinski definition) is 2. The van der Waals surface area contributed by atoms with Gasteiger partial charge in [-0.25, -0.2) is 0 Å². The fraction of sp³-hybridized carbons (Fsp3) is 0.667. The Kier molecular flexibility index (Phi) is 5.14. The maximum Gasteiger partial charge on any atom is 0.316 e. The second-order valence-electron chi connectivity index (χ2n) is 5.06. The van der Waals surface area contributed by atoms with Crippen molar-refractivity contribution in [3.05, 3.63) is 23.8 Å². The zero-order valence-corrected chi connectivity index (χ0v) is 11.5. The van der Waals surface area contributed by atoms with Crippen molar-refractivity contribution < 1.29 is 19.1 Å². The molecule has 0 aromatic rings. The Labute approximate surface area is 103 Å². The molecule has 3 unspecified atom stereocenters. The van der Waals surface area contributed by atoms with E-state index in [0.29, 0.717) is 12.3 Å². The van der Waals surface area contributed by atoms with Crippen molar-refractivity contribution >= 4 is 8.25 Å². The molecule has 2 N–H and O–H groups in total. The van der Waals surface area contributed by atoms with Gasteiger partial charge in [0, 0.05) is 12.3 Å². The maximum atomic E-state index is 10.6. The number of allylic oxidation sites excluding steroid dienone is 1. The van der Waals surface area contributed by atoms with Gasteiger partial charge in [-0.05, 0) is 12.8 Å². The molecule has 0 saturated carbocycles. The third-order valence-corrected chi connectivity index (χ3v) is 3.07. The first kappa shape index (κ1) is 14.7. The Morgan fingerprint density at radius 1 is 1.71 bits per heavy atom. The van der Waals surface area contributed by atoms with Crippen LogP contribution in [0.1, 0.15) is 27.2 Å². The van der Waals surface area contributed by atoms with Crippen LogP contribution < -0.4 is 0 Å². The van der Waals surface area contributed by atoms with Crippen LogP contribution >= 0.6 is 8.25 Å². The van der Waals surface area contributed by atoms with E-state index in [0.717, 1.165) is 5.57 Å². The summed E-state index contributed by atoms with van der Waals surface area (Å²) in [7, 11) is -2.89. The molecular weight excluding hydrogens is 239 g/mol. The molecule has 0 aromatic carbocycles. The molecule has 98 valence electrons. The van der Waals surface area contributed by atoms with Crippen LogP contribution in [0.2, 0.25) is 0 Å².